The summed E-state index contributed by atoms with van der Waals surface area (Å²) < 4.78 is 28.1. The summed E-state index contributed by atoms with van der Waals surface area (Å²) in [5.41, 5.74) is 3.31. The highest BCUT2D eigenvalue weighted by Crippen LogP contribution is 2.35. The molecule has 1 atom stereocenters. The third-order valence-electron chi connectivity index (χ3n) is 4.72. The van der Waals surface area contributed by atoms with Gasteiger partial charge < -0.3 is 0 Å². The molecule has 0 saturated carbocycles. The Morgan fingerprint density at radius 1 is 1.22 bits per heavy atom. The minimum Gasteiger partial charge on any atom is -0.205 e. The Kier molecular flexibility index (Phi) is 4.43. The maximum atomic E-state index is 14.2. The molecule has 0 aromatic heterocycles. The predicted octanol–water partition coefficient (Wildman–Crippen LogP) is 5.06. The van der Waals surface area contributed by atoms with Gasteiger partial charge in [-0.3, -0.25) is 0 Å². The van der Waals surface area contributed by atoms with Crippen LogP contribution >= 0.6 is 0 Å². The number of halogens is 2. The van der Waals surface area contributed by atoms with Gasteiger partial charge in [-0.2, -0.15) is 5.26 Å². The van der Waals surface area contributed by atoms with Crippen molar-refractivity contribution in [2.24, 2.45) is 0 Å². The minimum atomic E-state index is -0.748. The maximum Gasteiger partial charge on any atom is 0.147 e. The molecule has 2 aromatic carbocycles. The Morgan fingerprint density at radius 3 is 2.61 bits per heavy atom. The summed E-state index contributed by atoms with van der Waals surface area (Å²) in [4.78, 5) is 0. The number of benzene rings is 2. The summed E-state index contributed by atoms with van der Waals surface area (Å²) >= 11 is 0. The summed E-state index contributed by atoms with van der Waals surface area (Å²) in [5, 5.41) is 8.87. The van der Waals surface area contributed by atoms with Gasteiger partial charge in [-0.15, -0.1) is 0 Å². The number of nitriles is 1. The molecule has 1 aliphatic carbocycles. The lowest BCUT2D eigenvalue weighted by Crippen LogP contribution is -2.16. The van der Waals surface area contributed by atoms with Crippen molar-refractivity contribution in [3.05, 3.63) is 69.8 Å². The number of rotatable bonds is 3. The van der Waals surface area contributed by atoms with E-state index in [4.69, 9.17) is 5.26 Å². The molecule has 3 rings (SSSR count). The van der Waals surface area contributed by atoms with Crippen LogP contribution in [0.5, 0.6) is 0 Å². The van der Waals surface area contributed by atoms with Gasteiger partial charge in [0.2, 0.25) is 0 Å². The zero-order chi connectivity index (χ0) is 16.4. The molecule has 1 nitrogen and oxygen atoms in total. The summed E-state index contributed by atoms with van der Waals surface area (Å²) in [6, 6.07) is 11.5. The summed E-state index contributed by atoms with van der Waals surface area (Å²) in [6.45, 7) is 2.16. The molecule has 3 heteroatoms. The highest BCUT2D eigenvalue weighted by Gasteiger charge is 2.26. The first-order valence-electron chi connectivity index (χ1n) is 8.12. The molecule has 0 saturated heterocycles. The van der Waals surface area contributed by atoms with Crippen molar-refractivity contribution in [1.82, 2.24) is 0 Å². The van der Waals surface area contributed by atoms with Crippen molar-refractivity contribution >= 4 is 0 Å². The highest BCUT2D eigenvalue weighted by atomic mass is 19.1. The Morgan fingerprint density at radius 2 is 1.96 bits per heavy atom. The van der Waals surface area contributed by atoms with Crippen molar-refractivity contribution in [3.63, 3.8) is 0 Å². The van der Waals surface area contributed by atoms with Gasteiger partial charge >= 0.3 is 0 Å². The van der Waals surface area contributed by atoms with Crippen LogP contribution in [0.25, 0.3) is 0 Å². The van der Waals surface area contributed by atoms with Crippen LogP contribution in [0.3, 0.4) is 0 Å². The molecule has 0 fully saturated rings. The quantitative estimate of drug-likeness (QED) is 0.777. The van der Waals surface area contributed by atoms with E-state index in [1.165, 1.54) is 17.2 Å². The number of nitrogens with zero attached hydrogens (tertiary/aromatic N) is 1. The molecular weight excluding hydrogens is 292 g/mol. The average molecular weight is 311 g/mol. The number of fused-ring (bicyclic) bond motifs is 1. The van der Waals surface area contributed by atoms with Crippen molar-refractivity contribution in [3.8, 4) is 6.07 Å². The van der Waals surface area contributed by atoms with E-state index < -0.39 is 17.2 Å². The number of hydrogen-bond donors (Lipinski definition) is 0. The van der Waals surface area contributed by atoms with Gasteiger partial charge in [0.05, 0.1) is 0 Å². The van der Waals surface area contributed by atoms with Crippen molar-refractivity contribution < 1.29 is 8.78 Å². The predicted molar refractivity (Wildman–Crippen MR) is 86.3 cm³/mol. The summed E-state index contributed by atoms with van der Waals surface area (Å²) in [5.74, 6) is -1.13. The fourth-order valence-corrected chi connectivity index (χ4v) is 3.48. The fourth-order valence-electron chi connectivity index (χ4n) is 3.48. The first kappa shape index (κ1) is 15.7. The zero-order valence-electron chi connectivity index (χ0n) is 13.2. The van der Waals surface area contributed by atoms with E-state index in [0.29, 0.717) is 24.0 Å². The Bertz CT molecular complexity index is 757. The molecular formula is C20H19F2N. The topological polar surface area (TPSA) is 23.8 Å². The fraction of sp³-hybridized carbons (Fsp3) is 0.350. The molecule has 118 valence electrons. The van der Waals surface area contributed by atoms with Crippen LogP contribution < -0.4 is 0 Å². The van der Waals surface area contributed by atoms with Gasteiger partial charge in [0, 0.05) is 0 Å². The van der Waals surface area contributed by atoms with Crippen LogP contribution in [-0.2, 0) is 19.3 Å². The van der Waals surface area contributed by atoms with Gasteiger partial charge in [0.1, 0.15) is 23.3 Å². The lowest BCUT2D eigenvalue weighted by atomic mass is 9.79. The van der Waals surface area contributed by atoms with Crippen molar-refractivity contribution in [1.29, 1.82) is 5.26 Å². The molecule has 0 N–H and O–H groups in total. The largest absolute Gasteiger partial charge is 0.205 e. The molecule has 0 radical (unpaired) electrons. The van der Waals surface area contributed by atoms with Crippen LogP contribution in [0.15, 0.2) is 30.3 Å². The van der Waals surface area contributed by atoms with Crippen LogP contribution in [0.1, 0.15) is 53.5 Å². The van der Waals surface area contributed by atoms with Gasteiger partial charge in [-0.05, 0) is 59.9 Å². The smallest absolute Gasteiger partial charge is 0.147 e. The van der Waals surface area contributed by atoms with Crippen LogP contribution in [0.4, 0.5) is 8.78 Å². The Hall–Kier alpha value is -2.21. The Balaban J connectivity index is 1.87. The molecule has 0 heterocycles. The van der Waals surface area contributed by atoms with Crippen LogP contribution in [-0.4, -0.2) is 0 Å². The molecule has 0 spiro atoms. The Labute approximate surface area is 135 Å². The van der Waals surface area contributed by atoms with E-state index in [1.807, 2.05) is 0 Å². The summed E-state index contributed by atoms with van der Waals surface area (Å²) in [6.07, 6.45) is 4.20. The molecule has 2 aromatic rings. The third-order valence-corrected chi connectivity index (χ3v) is 4.72. The van der Waals surface area contributed by atoms with E-state index in [-0.39, 0.29) is 5.92 Å². The molecule has 0 amide bonds. The van der Waals surface area contributed by atoms with E-state index in [0.717, 1.165) is 19.3 Å². The van der Waals surface area contributed by atoms with Crippen LogP contribution in [0, 0.1) is 23.0 Å². The lowest BCUT2D eigenvalue weighted by molar-refractivity contribution is 0.519. The van der Waals surface area contributed by atoms with E-state index in [9.17, 15) is 8.78 Å². The van der Waals surface area contributed by atoms with Gasteiger partial charge in [-0.25, -0.2) is 8.78 Å². The van der Waals surface area contributed by atoms with Crippen molar-refractivity contribution in [2.75, 3.05) is 0 Å². The second-order valence-corrected chi connectivity index (χ2v) is 6.23. The normalized spacial score (nSPS) is 16.7. The second kappa shape index (κ2) is 6.50. The molecule has 1 aliphatic rings. The lowest BCUT2D eigenvalue weighted by Gasteiger charge is -2.26. The van der Waals surface area contributed by atoms with E-state index >= 15 is 0 Å². The van der Waals surface area contributed by atoms with Gasteiger partial charge in [-0.1, -0.05) is 37.6 Å². The molecule has 0 aliphatic heterocycles. The van der Waals surface area contributed by atoms with E-state index in [1.54, 1.807) is 6.07 Å². The third kappa shape index (κ3) is 2.99. The highest BCUT2D eigenvalue weighted by molar-refractivity contribution is 5.44. The molecule has 0 bridgehead atoms. The van der Waals surface area contributed by atoms with Gasteiger partial charge in [0.25, 0.3) is 0 Å². The monoisotopic (exact) mass is 311 g/mol. The van der Waals surface area contributed by atoms with Crippen molar-refractivity contribution in [2.45, 2.75) is 44.9 Å². The van der Waals surface area contributed by atoms with Gasteiger partial charge in [0.15, 0.2) is 0 Å². The number of hydrogen-bond acceptors (Lipinski definition) is 1. The zero-order valence-corrected chi connectivity index (χ0v) is 13.2. The minimum absolute atomic E-state index is 0.282. The molecule has 1 unspecified atom stereocenters. The number of aryl methyl sites for hydroxylation is 1. The van der Waals surface area contributed by atoms with E-state index in [2.05, 4.69) is 31.2 Å². The standard InChI is InChI=1S/C20H19F2N/c1-2-3-13-4-6-14(7-5-13)15-8-9-17-16(10-15)11-19(21)18(12-23)20(17)22/h4-7,11,15H,2-3,8-10H2,1H3. The first-order chi connectivity index (χ1) is 11.1. The van der Waals surface area contributed by atoms with Crippen LogP contribution in [0.2, 0.25) is 0 Å². The average Bonchev–Trinajstić information content (AvgIpc) is 2.56. The summed E-state index contributed by atoms with van der Waals surface area (Å²) in [7, 11) is 0. The molecule has 23 heavy (non-hydrogen) atoms. The second-order valence-electron chi connectivity index (χ2n) is 6.23. The SMILES string of the molecule is CCCc1ccc(C2CCc3c(cc(F)c(C#N)c3F)C2)cc1. The first-order valence-corrected chi connectivity index (χ1v) is 8.12. The maximum absolute atomic E-state index is 14.2.